The van der Waals surface area contributed by atoms with Crippen LogP contribution in [-0.2, 0) is 9.53 Å². The van der Waals surface area contributed by atoms with Crippen molar-refractivity contribution in [1.29, 1.82) is 0 Å². The number of hydrogen-bond donors (Lipinski definition) is 2. The van der Waals surface area contributed by atoms with Gasteiger partial charge in [0, 0.05) is 25.5 Å². The van der Waals surface area contributed by atoms with Crippen molar-refractivity contribution in [2.24, 2.45) is 11.8 Å². The third-order valence-corrected chi connectivity index (χ3v) is 4.55. The lowest BCUT2D eigenvalue weighted by Gasteiger charge is -2.22. The van der Waals surface area contributed by atoms with Crippen LogP contribution in [0.2, 0.25) is 0 Å². The summed E-state index contributed by atoms with van der Waals surface area (Å²) in [5.41, 5.74) is 0. The van der Waals surface area contributed by atoms with E-state index in [0.29, 0.717) is 18.4 Å². The van der Waals surface area contributed by atoms with Gasteiger partial charge in [-0.1, -0.05) is 6.92 Å². The Morgan fingerprint density at radius 1 is 1.32 bits per heavy atom. The highest BCUT2D eigenvalue weighted by Crippen LogP contribution is 2.22. The van der Waals surface area contributed by atoms with Crippen molar-refractivity contribution >= 4 is 5.91 Å². The minimum Gasteiger partial charge on any atom is -0.378 e. The minimum absolute atomic E-state index is 0.222. The number of amides is 1. The standard InChI is InChI=1S/C15H28N2O2/c1-2-14-13(7-10-19-14)11-17-15(18)4-3-12-5-8-16-9-6-12/h12-14,16H,2-11H2,1H3,(H,17,18). The van der Waals surface area contributed by atoms with E-state index in [2.05, 4.69) is 17.6 Å². The molecule has 2 aliphatic heterocycles. The maximum absolute atomic E-state index is 11.9. The van der Waals surface area contributed by atoms with Gasteiger partial charge in [-0.25, -0.2) is 0 Å². The smallest absolute Gasteiger partial charge is 0.220 e. The molecular formula is C15H28N2O2. The molecule has 110 valence electrons. The topological polar surface area (TPSA) is 50.4 Å². The minimum atomic E-state index is 0.222. The lowest BCUT2D eigenvalue weighted by atomic mass is 9.93. The molecule has 2 unspecified atom stereocenters. The maximum Gasteiger partial charge on any atom is 0.220 e. The fourth-order valence-electron chi connectivity index (χ4n) is 3.22. The third kappa shape index (κ3) is 4.77. The predicted molar refractivity (Wildman–Crippen MR) is 76.0 cm³/mol. The van der Waals surface area contributed by atoms with Crippen molar-refractivity contribution in [3.63, 3.8) is 0 Å². The highest BCUT2D eigenvalue weighted by Gasteiger charge is 2.26. The molecule has 19 heavy (non-hydrogen) atoms. The lowest BCUT2D eigenvalue weighted by Crippen LogP contribution is -2.33. The Morgan fingerprint density at radius 2 is 2.11 bits per heavy atom. The van der Waals surface area contributed by atoms with Crippen LogP contribution in [0.4, 0.5) is 0 Å². The molecule has 4 nitrogen and oxygen atoms in total. The van der Waals surface area contributed by atoms with E-state index >= 15 is 0 Å². The number of carbonyl (C=O) groups excluding carboxylic acids is 1. The summed E-state index contributed by atoms with van der Waals surface area (Å²) in [5, 5.41) is 6.46. The van der Waals surface area contributed by atoms with Gasteiger partial charge in [-0.05, 0) is 51.1 Å². The van der Waals surface area contributed by atoms with Gasteiger partial charge >= 0.3 is 0 Å². The van der Waals surface area contributed by atoms with Crippen LogP contribution in [0.25, 0.3) is 0 Å². The first-order valence-electron chi connectivity index (χ1n) is 7.88. The molecule has 2 fully saturated rings. The number of hydrogen-bond acceptors (Lipinski definition) is 3. The van der Waals surface area contributed by atoms with Gasteiger partial charge in [-0.15, -0.1) is 0 Å². The first-order valence-corrected chi connectivity index (χ1v) is 7.88. The second kappa shape index (κ2) is 7.85. The molecule has 0 aromatic rings. The van der Waals surface area contributed by atoms with Crippen molar-refractivity contribution in [1.82, 2.24) is 10.6 Å². The van der Waals surface area contributed by atoms with Gasteiger partial charge in [0.15, 0.2) is 0 Å². The molecule has 2 N–H and O–H groups in total. The second-order valence-electron chi connectivity index (χ2n) is 5.90. The number of carbonyl (C=O) groups is 1. The zero-order chi connectivity index (χ0) is 13.5. The largest absolute Gasteiger partial charge is 0.378 e. The zero-order valence-electron chi connectivity index (χ0n) is 12.1. The van der Waals surface area contributed by atoms with Crippen LogP contribution in [-0.4, -0.2) is 38.3 Å². The average Bonchev–Trinajstić information content (AvgIpc) is 2.91. The number of rotatable bonds is 6. The maximum atomic E-state index is 11.9. The molecule has 0 spiro atoms. The molecule has 2 saturated heterocycles. The zero-order valence-corrected chi connectivity index (χ0v) is 12.1. The van der Waals surface area contributed by atoms with Crippen LogP contribution in [0.3, 0.4) is 0 Å². The van der Waals surface area contributed by atoms with Gasteiger partial charge < -0.3 is 15.4 Å². The molecule has 1 amide bonds. The van der Waals surface area contributed by atoms with E-state index in [1.807, 2.05) is 0 Å². The van der Waals surface area contributed by atoms with E-state index in [0.717, 1.165) is 51.4 Å². The highest BCUT2D eigenvalue weighted by molar-refractivity contribution is 5.75. The predicted octanol–water partition coefficient (Wildman–Crippen LogP) is 1.70. The second-order valence-corrected chi connectivity index (χ2v) is 5.90. The Labute approximate surface area is 116 Å². The molecule has 2 heterocycles. The molecule has 2 atom stereocenters. The first-order chi connectivity index (χ1) is 9.29. The molecule has 0 aromatic carbocycles. The first kappa shape index (κ1) is 14.8. The summed E-state index contributed by atoms with van der Waals surface area (Å²) in [7, 11) is 0. The summed E-state index contributed by atoms with van der Waals surface area (Å²) in [5.74, 6) is 1.48. The van der Waals surface area contributed by atoms with E-state index in [9.17, 15) is 4.79 Å². The van der Waals surface area contributed by atoms with Crippen LogP contribution in [0.5, 0.6) is 0 Å². The molecular weight excluding hydrogens is 240 g/mol. The fraction of sp³-hybridized carbons (Fsp3) is 0.933. The molecule has 2 rings (SSSR count). The Balaban J connectivity index is 1.58. The van der Waals surface area contributed by atoms with E-state index in [-0.39, 0.29) is 5.91 Å². The van der Waals surface area contributed by atoms with Gasteiger partial charge in [-0.2, -0.15) is 0 Å². The third-order valence-electron chi connectivity index (χ3n) is 4.55. The van der Waals surface area contributed by atoms with E-state index in [1.165, 1.54) is 12.8 Å². The molecule has 0 radical (unpaired) electrons. The summed E-state index contributed by atoms with van der Waals surface area (Å²) in [4.78, 5) is 11.9. The van der Waals surface area contributed by atoms with Crippen LogP contribution < -0.4 is 10.6 Å². The van der Waals surface area contributed by atoms with Crippen LogP contribution >= 0.6 is 0 Å². The number of piperidine rings is 1. The molecule has 4 heteroatoms. The van der Waals surface area contributed by atoms with E-state index in [1.54, 1.807) is 0 Å². The number of nitrogens with one attached hydrogen (secondary N) is 2. The summed E-state index contributed by atoms with van der Waals surface area (Å²) < 4.78 is 5.64. The number of ether oxygens (including phenoxy) is 1. The SMILES string of the molecule is CCC1OCCC1CNC(=O)CCC1CCNCC1. The summed E-state index contributed by atoms with van der Waals surface area (Å²) >= 11 is 0. The van der Waals surface area contributed by atoms with Gasteiger partial charge in [0.2, 0.25) is 5.91 Å². The van der Waals surface area contributed by atoms with Crippen LogP contribution in [0.15, 0.2) is 0 Å². The van der Waals surface area contributed by atoms with Crippen molar-refractivity contribution < 1.29 is 9.53 Å². The summed E-state index contributed by atoms with van der Waals surface area (Å²) in [6.45, 7) is 6.04. The lowest BCUT2D eigenvalue weighted by molar-refractivity contribution is -0.121. The van der Waals surface area contributed by atoms with Gasteiger partial charge in [0.25, 0.3) is 0 Å². The molecule has 0 aromatic heterocycles. The Hall–Kier alpha value is -0.610. The Bertz CT molecular complexity index is 277. The quantitative estimate of drug-likeness (QED) is 0.771. The van der Waals surface area contributed by atoms with Crippen molar-refractivity contribution in [2.45, 2.75) is 51.6 Å². The van der Waals surface area contributed by atoms with Crippen LogP contribution in [0.1, 0.15) is 45.4 Å². The average molecular weight is 268 g/mol. The normalized spacial score (nSPS) is 28.5. The van der Waals surface area contributed by atoms with Gasteiger partial charge in [0.1, 0.15) is 0 Å². The van der Waals surface area contributed by atoms with Crippen molar-refractivity contribution in [3.05, 3.63) is 0 Å². The highest BCUT2D eigenvalue weighted by atomic mass is 16.5. The van der Waals surface area contributed by atoms with Gasteiger partial charge in [0.05, 0.1) is 6.10 Å². The fourth-order valence-corrected chi connectivity index (χ4v) is 3.22. The van der Waals surface area contributed by atoms with Crippen molar-refractivity contribution in [3.8, 4) is 0 Å². The van der Waals surface area contributed by atoms with Gasteiger partial charge in [-0.3, -0.25) is 4.79 Å². The summed E-state index contributed by atoms with van der Waals surface area (Å²) in [6.07, 6.45) is 6.68. The molecule has 0 saturated carbocycles. The van der Waals surface area contributed by atoms with E-state index < -0.39 is 0 Å². The Kier molecular flexibility index (Phi) is 6.11. The molecule has 0 aliphatic carbocycles. The molecule has 0 bridgehead atoms. The van der Waals surface area contributed by atoms with E-state index in [4.69, 9.17) is 4.74 Å². The van der Waals surface area contributed by atoms with Crippen molar-refractivity contribution in [2.75, 3.05) is 26.2 Å². The summed E-state index contributed by atoms with van der Waals surface area (Å²) in [6, 6.07) is 0. The van der Waals surface area contributed by atoms with Crippen LogP contribution in [0, 0.1) is 11.8 Å². The molecule has 2 aliphatic rings. The Morgan fingerprint density at radius 3 is 2.84 bits per heavy atom. The monoisotopic (exact) mass is 268 g/mol.